The molecule has 0 bridgehead atoms. The van der Waals surface area contributed by atoms with Crippen LogP contribution in [0.25, 0.3) is 0 Å². The van der Waals surface area contributed by atoms with Crippen LogP contribution in [-0.4, -0.2) is 62.3 Å². The molecule has 0 fully saturated rings. The van der Waals surface area contributed by atoms with E-state index in [9.17, 15) is 14.4 Å². The highest BCUT2D eigenvalue weighted by Crippen LogP contribution is 1.98. The van der Waals surface area contributed by atoms with Gasteiger partial charge in [-0.3, -0.25) is 14.4 Å². The summed E-state index contributed by atoms with van der Waals surface area (Å²) in [5.74, 6) is -0.532. The van der Waals surface area contributed by atoms with Crippen LogP contribution in [-0.2, 0) is 14.4 Å². The van der Waals surface area contributed by atoms with E-state index in [-0.39, 0.29) is 37.1 Å². The number of carbonyl (C=O) groups is 3. The molecule has 0 unspecified atom stereocenters. The van der Waals surface area contributed by atoms with Crippen LogP contribution < -0.4 is 5.32 Å². The van der Waals surface area contributed by atoms with Gasteiger partial charge in [0.05, 0.1) is 6.54 Å². The maximum absolute atomic E-state index is 11.5. The van der Waals surface area contributed by atoms with Crippen LogP contribution in [0.5, 0.6) is 0 Å². The molecule has 16 heavy (non-hydrogen) atoms. The van der Waals surface area contributed by atoms with Gasteiger partial charge in [0.15, 0.2) is 0 Å². The molecule has 0 aliphatic rings. The fourth-order valence-electron chi connectivity index (χ4n) is 1.01. The van der Waals surface area contributed by atoms with Crippen LogP contribution in [0.15, 0.2) is 0 Å². The number of nitrogens with one attached hydrogen (secondary N) is 1. The van der Waals surface area contributed by atoms with Crippen molar-refractivity contribution in [3.05, 3.63) is 0 Å². The summed E-state index contributed by atoms with van der Waals surface area (Å²) in [6.07, 6.45) is 0.300. The standard InChI is InChI=1S/C10H19N3O3/c1-11-8(14)7-13(4)10(16)6-5-9(15)12(2)3/h5-7H2,1-4H3,(H,11,14). The molecule has 0 aromatic carbocycles. The van der Waals surface area contributed by atoms with E-state index >= 15 is 0 Å². The quantitative estimate of drug-likeness (QED) is 0.661. The zero-order valence-corrected chi connectivity index (χ0v) is 10.2. The van der Waals surface area contributed by atoms with Crippen LogP contribution in [0.3, 0.4) is 0 Å². The van der Waals surface area contributed by atoms with Crippen molar-refractivity contribution in [2.45, 2.75) is 12.8 Å². The van der Waals surface area contributed by atoms with Crippen molar-refractivity contribution in [1.82, 2.24) is 15.1 Å². The predicted molar refractivity (Wildman–Crippen MR) is 59.6 cm³/mol. The van der Waals surface area contributed by atoms with E-state index in [2.05, 4.69) is 5.32 Å². The van der Waals surface area contributed by atoms with Crippen molar-refractivity contribution >= 4 is 17.7 Å². The second-order valence-electron chi connectivity index (χ2n) is 3.71. The highest BCUT2D eigenvalue weighted by Gasteiger charge is 2.14. The van der Waals surface area contributed by atoms with Crippen molar-refractivity contribution in [1.29, 1.82) is 0 Å². The van der Waals surface area contributed by atoms with Gasteiger partial charge in [-0.1, -0.05) is 0 Å². The van der Waals surface area contributed by atoms with Crippen molar-refractivity contribution in [3.8, 4) is 0 Å². The van der Waals surface area contributed by atoms with Gasteiger partial charge in [0.1, 0.15) is 0 Å². The molecule has 3 amide bonds. The summed E-state index contributed by atoms with van der Waals surface area (Å²) in [6.45, 7) is 0.0193. The summed E-state index contributed by atoms with van der Waals surface area (Å²) >= 11 is 0. The van der Waals surface area contributed by atoms with Crippen molar-refractivity contribution in [2.24, 2.45) is 0 Å². The SMILES string of the molecule is CNC(=O)CN(C)C(=O)CCC(=O)N(C)C. The van der Waals surface area contributed by atoms with E-state index in [0.717, 1.165) is 0 Å². The Balaban J connectivity index is 3.97. The van der Waals surface area contributed by atoms with Crippen LogP contribution in [0.1, 0.15) is 12.8 Å². The van der Waals surface area contributed by atoms with Gasteiger partial charge in [-0.05, 0) is 0 Å². The molecule has 0 atom stereocenters. The Morgan fingerprint density at radius 3 is 1.94 bits per heavy atom. The normalized spacial score (nSPS) is 9.50. The third kappa shape index (κ3) is 5.33. The predicted octanol–water partition coefficient (Wildman–Crippen LogP) is -0.941. The van der Waals surface area contributed by atoms with Gasteiger partial charge in [0.25, 0.3) is 0 Å². The Hall–Kier alpha value is -1.59. The fourth-order valence-corrected chi connectivity index (χ4v) is 1.01. The fraction of sp³-hybridized carbons (Fsp3) is 0.700. The zero-order chi connectivity index (χ0) is 12.7. The average Bonchev–Trinajstić information content (AvgIpc) is 2.24. The summed E-state index contributed by atoms with van der Waals surface area (Å²) < 4.78 is 0. The second kappa shape index (κ2) is 6.81. The average molecular weight is 229 g/mol. The van der Waals surface area contributed by atoms with Crippen molar-refractivity contribution in [2.75, 3.05) is 34.7 Å². The number of hydrogen-bond acceptors (Lipinski definition) is 3. The Labute approximate surface area is 95.6 Å². The number of carbonyl (C=O) groups excluding carboxylic acids is 3. The summed E-state index contributed by atoms with van der Waals surface area (Å²) in [4.78, 5) is 36.5. The maximum Gasteiger partial charge on any atom is 0.239 e. The van der Waals surface area contributed by atoms with Gasteiger partial charge in [0, 0.05) is 41.0 Å². The molecule has 6 heteroatoms. The Bertz CT molecular complexity index is 276. The van der Waals surface area contributed by atoms with Crippen LogP contribution in [0, 0.1) is 0 Å². The van der Waals surface area contributed by atoms with Gasteiger partial charge < -0.3 is 15.1 Å². The minimum absolute atomic E-state index is 0.0193. The van der Waals surface area contributed by atoms with E-state index in [1.165, 1.54) is 23.9 Å². The molecule has 0 saturated carbocycles. The van der Waals surface area contributed by atoms with Gasteiger partial charge in [0.2, 0.25) is 17.7 Å². The lowest BCUT2D eigenvalue weighted by molar-refractivity contribution is -0.137. The molecule has 0 rings (SSSR count). The second-order valence-corrected chi connectivity index (χ2v) is 3.71. The first-order valence-electron chi connectivity index (χ1n) is 5.03. The first-order valence-corrected chi connectivity index (χ1v) is 5.03. The van der Waals surface area contributed by atoms with Crippen molar-refractivity contribution in [3.63, 3.8) is 0 Å². The third-order valence-electron chi connectivity index (χ3n) is 2.14. The number of likely N-dealkylation sites (N-methyl/N-ethyl adjacent to an activating group) is 2. The minimum atomic E-state index is -0.227. The van der Waals surface area contributed by atoms with E-state index in [4.69, 9.17) is 0 Å². The molecule has 92 valence electrons. The summed E-state index contributed by atoms with van der Waals surface area (Å²) in [7, 11) is 6.33. The smallest absolute Gasteiger partial charge is 0.239 e. The number of rotatable bonds is 5. The van der Waals surface area contributed by atoms with Gasteiger partial charge in [-0.2, -0.15) is 0 Å². The van der Waals surface area contributed by atoms with Crippen molar-refractivity contribution < 1.29 is 14.4 Å². The highest BCUT2D eigenvalue weighted by molar-refractivity contribution is 5.87. The molecule has 1 N–H and O–H groups in total. The molecule has 0 spiro atoms. The molecule has 0 aromatic rings. The molecular formula is C10H19N3O3. The Morgan fingerprint density at radius 2 is 1.50 bits per heavy atom. The van der Waals surface area contributed by atoms with Crippen LogP contribution in [0.4, 0.5) is 0 Å². The van der Waals surface area contributed by atoms with Crippen LogP contribution in [0.2, 0.25) is 0 Å². The Kier molecular flexibility index (Phi) is 6.14. The summed E-state index contributed by atoms with van der Waals surface area (Å²) in [5, 5.41) is 2.43. The molecular weight excluding hydrogens is 210 g/mol. The lowest BCUT2D eigenvalue weighted by atomic mass is 10.2. The molecule has 0 heterocycles. The summed E-state index contributed by atoms with van der Waals surface area (Å²) in [5.41, 5.74) is 0. The number of amides is 3. The lowest BCUT2D eigenvalue weighted by Gasteiger charge is -2.16. The Morgan fingerprint density at radius 1 is 1.00 bits per heavy atom. The minimum Gasteiger partial charge on any atom is -0.358 e. The molecule has 0 aliphatic heterocycles. The summed E-state index contributed by atoms with van der Waals surface area (Å²) in [6, 6.07) is 0. The lowest BCUT2D eigenvalue weighted by Crippen LogP contribution is -2.37. The van der Waals surface area contributed by atoms with E-state index in [1.54, 1.807) is 14.1 Å². The maximum atomic E-state index is 11.5. The molecule has 0 radical (unpaired) electrons. The first kappa shape index (κ1) is 14.4. The molecule has 0 saturated heterocycles. The third-order valence-corrected chi connectivity index (χ3v) is 2.14. The van der Waals surface area contributed by atoms with Gasteiger partial charge in [-0.15, -0.1) is 0 Å². The topological polar surface area (TPSA) is 69.7 Å². The van der Waals surface area contributed by atoms with Gasteiger partial charge >= 0.3 is 0 Å². The van der Waals surface area contributed by atoms with Crippen LogP contribution >= 0.6 is 0 Å². The van der Waals surface area contributed by atoms with E-state index < -0.39 is 0 Å². The molecule has 0 aliphatic carbocycles. The monoisotopic (exact) mass is 229 g/mol. The highest BCUT2D eigenvalue weighted by atomic mass is 16.2. The number of nitrogens with zero attached hydrogens (tertiary/aromatic N) is 2. The molecule has 6 nitrogen and oxygen atoms in total. The first-order chi connectivity index (χ1) is 7.38. The molecule has 0 aromatic heterocycles. The van der Waals surface area contributed by atoms with E-state index in [0.29, 0.717) is 0 Å². The zero-order valence-electron chi connectivity index (χ0n) is 10.2. The largest absolute Gasteiger partial charge is 0.358 e. The number of hydrogen-bond donors (Lipinski definition) is 1. The van der Waals surface area contributed by atoms with E-state index in [1.807, 2.05) is 0 Å². The van der Waals surface area contributed by atoms with Gasteiger partial charge in [-0.25, -0.2) is 0 Å².